The van der Waals surface area contributed by atoms with E-state index in [0.717, 1.165) is 33.6 Å². The summed E-state index contributed by atoms with van der Waals surface area (Å²) in [6.45, 7) is 1.61. The molecule has 1 aliphatic rings. The second kappa shape index (κ2) is 8.83. The second-order valence-electron chi connectivity index (χ2n) is 6.96. The van der Waals surface area contributed by atoms with Crippen molar-refractivity contribution in [3.05, 3.63) is 88.0 Å². The monoisotopic (exact) mass is 451 g/mol. The maximum Gasteiger partial charge on any atom is 0.294 e. The summed E-state index contributed by atoms with van der Waals surface area (Å²) >= 11 is 6.78. The topological polar surface area (TPSA) is 71.4 Å². The molecule has 3 aromatic rings. The zero-order valence-electron chi connectivity index (χ0n) is 16.5. The lowest BCUT2D eigenvalue weighted by atomic mass is 10.2. The highest BCUT2D eigenvalue weighted by Crippen LogP contribution is 2.32. The Morgan fingerprint density at radius 2 is 1.77 bits per heavy atom. The van der Waals surface area contributed by atoms with Crippen LogP contribution in [-0.4, -0.2) is 33.1 Å². The van der Waals surface area contributed by atoms with Crippen LogP contribution in [0.4, 0.5) is 10.5 Å². The van der Waals surface area contributed by atoms with Crippen LogP contribution in [0.3, 0.4) is 0 Å². The molecule has 0 saturated carbocycles. The first kappa shape index (κ1) is 21.0. The molecule has 1 fully saturated rings. The van der Waals surface area contributed by atoms with Gasteiger partial charge in [0.25, 0.3) is 11.1 Å². The summed E-state index contributed by atoms with van der Waals surface area (Å²) in [5.74, 6) is -0.921. The first-order valence-electron chi connectivity index (χ1n) is 9.46. The standard InChI is InChI=1S/C23H18ClN3O3S/c1-15-4-8-17(9-5-15)25-21(28)14-27-22(29)20(31-23(27)30)13-19-3-2-12-26(19)18-10-6-16(24)7-11-18/h2-13H,14H2,1H3,(H,25,28)/b20-13+. The van der Waals surface area contributed by atoms with E-state index in [2.05, 4.69) is 5.32 Å². The molecular weight excluding hydrogens is 434 g/mol. The molecule has 0 aliphatic carbocycles. The van der Waals surface area contributed by atoms with Gasteiger partial charge in [-0.1, -0.05) is 29.3 Å². The average Bonchev–Trinajstić information content (AvgIpc) is 3.30. The lowest BCUT2D eigenvalue weighted by molar-refractivity contribution is -0.127. The molecule has 1 N–H and O–H groups in total. The maximum absolute atomic E-state index is 12.8. The van der Waals surface area contributed by atoms with E-state index in [-0.39, 0.29) is 11.4 Å². The van der Waals surface area contributed by atoms with E-state index in [4.69, 9.17) is 11.6 Å². The largest absolute Gasteiger partial charge is 0.325 e. The number of nitrogens with one attached hydrogen (secondary N) is 1. The Morgan fingerprint density at radius 1 is 1.06 bits per heavy atom. The number of rotatable bonds is 5. The Bertz CT molecular complexity index is 1180. The Kier molecular flexibility index (Phi) is 5.97. The summed E-state index contributed by atoms with van der Waals surface area (Å²) in [4.78, 5) is 38.7. The van der Waals surface area contributed by atoms with E-state index in [9.17, 15) is 14.4 Å². The van der Waals surface area contributed by atoms with Crippen LogP contribution >= 0.6 is 23.4 Å². The molecule has 0 spiro atoms. The molecule has 1 aromatic heterocycles. The van der Waals surface area contributed by atoms with Crippen molar-refractivity contribution in [1.82, 2.24) is 9.47 Å². The molecule has 1 aliphatic heterocycles. The molecule has 3 amide bonds. The van der Waals surface area contributed by atoms with Gasteiger partial charge in [0.05, 0.1) is 4.91 Å². The van der Waals surface area contributed by atoms with Crippen molar-refractivity contribution < 1.29 is 14.4 Å². The van der Waals surface area contributed by atoms with E-state index in [1.165, 1.54) is 0 Å². The molecule has 4 rings (SSSR count). The Labute approximate surface area is 188 Å². The first-order valence-corrected chi connectivity index (χ1v) is 10.7. The number of aromatic nitrogens is 1. The zero-order valence-corrected chi connectivity index (χ0v) is 18.1. The predicted molar refractivity (Wildman–Crippen MR) is 123 cm³/mol. The van der Waals surface area contributed by atoms with Crippen molar-refractivity contribution in [2.45, 2.75) is 6.92 Å². The summed E-state index contributed by atoms with van der Waals surface area (Å²) in [7, 11) is 0. The van der Waals surface area contributed by atoms with Crippen molar-refractivity contribution in [3.63, 3.8) is 0 Å². The van der Waals surface area contributed by atoms with Gasteiger partial charge in [-0.3, -0.25) is 19.3 Å². The molecule has 1 saturated heterocycles. The van der Waals surface area contributed by atoms with Crippen LogP contribution in [0, 0.1) is 6.92 Å². The minimum atomic E-state index is -0.488. The van der Waals surface area contributed by atoms with E-state index in [1.54, 1.807) is 30.3 Å². The van der Waals surface area contributed by atoms with Crippen molar-refractivity contribution in [2.24, 2.45) is 0 Å². The lowest BCUT2D eigenvalue weighted by Crippen LogP contribution is -2.36. The third-order valence-electron chi connectivity index (χ3n) is 4.67. The second-order valence-corrected chi connectivity index (χ2v) is 8.39. The Hall–Kier alpha value is -3.29. The van der Waals surface area contributed by atoms with Gasteiger partial charge >= 0.3 is 0 Å². The third-order valence-corrected chi connectivity index (χ3v) is 5.83. The van der Waals surface area contributed by atoms with Crippen molar-refractivity contribution in [2.75, 3.05) is 11.9 Å². The van der Waals surface area contributed by atoms with Gasteiger partial charge in [0.2, 0.25) is 5.91 Å². The number of aryl methyl sites for hydroxylation is 1. The molecule has 6 nitrogen and oxygen atoms in total. The summed E-state index contributed by atoms with van der Waals surface area (Å²) < 4.78 is 1.88. The molecular formula is C23H18ClN3O3S. The number of halogens is 1. The summed E-state index contributed by atoms with van der Waals surface area (Å²) in [6, 6.07) is 18.2. The maximum atomic E-state index is 12.8. The predicted octanol–water partition coefficient (Wildman–Crippen LogP) is 5.11. The first-order chi connectivity index (χ1) is 14.9. The molecule has 2 aromatic carbocycles. The summed E-state index contributed by atoms with van der Waals surface area (Å²) in [5, 5.41) is 2.86. The molecule has 0 atom stereocenters. The fraction of sp³-hybridized carbons (Fsp3) is 0.0870. The van der Waals surface area contributed by atoms with Crippen LogP contribution in [0.5, 0.6) is 0 Å². The van der Waals surface area contributed by atoms with Crippen molar-refractivity contribution >= 4 is 52.2 Å². The normalized spacial score (nSPS) is 15.0. The van der Waals surface area contributed by atoms with Crippen LogP contribution < -0.4 is 5.32 Å². The number of nitrogens with zero attached hydrogens (tertiary/aromatic N) is 2. The number of amides is 3. The minimum absolute atomic E-state index is 0.266. The quantitative estimate of drug-likeness (QED) is 0.547. The van der Waals surface area contributed by atoms with Gasteiger partial charge in [0.1, 0.15) is 6.54 Å². The number of carbonyl (C=O) groups is 3. The molecule has 2 heterocycles. The third kappa shape index (κ3) is 4.73. The van der Waals surface area contributed by atoms with Crippen molar-refractivity contribution in [1.29, 1.82) is 0 Å². The Morgan fingerprint density at radius 3 is 2.48 bits per heavy atom. The highest BCUT2D eigenvalue weighted by Gasteiger charge is 2.36. The number of thioether (sulfide) groups is 1. The number of hydrogen-bond acceptors (Lipinski definition) is 4. The van der Waals surface area contributed by atoms with E-state index in [0.29, 0.717) is 10.7 Å². The van der Waals surface area contributed by atoms with Gasteiger partial charge in [-0.25, -0.2) is 0 Å². The Balaban J connectivity index is 1.49. The van der Waals surface area contributed by atoms with Crippen molar-refractivity contribution in [3.8, 4) is 5.69 Å². The van der Waals surface area contributed by atoms with Gasteiger partial charge in [-0.05, 0) is 73.3 Å². The molecule has 0 unspecified atom stereocenters. The van der Waals surface area contributed by atoms with Crippen LogP contribution in [0.2, 0.25) is 5.02 Å². The smallest absolute Gasteiger partial charge is 0.294 e. The highest BCUT2D eigenvalue weighted by molar-refractivity contribution is 8.18. The molecule has 8 heteroatoms. The summed E-state index contributed by atoms with van der Waals surface area (Å²) in [6.07, 6.45) is 3.51. The van der Waals surface area contributed by atoms with E-state index < -0.39 is 17.1 Å². The minimum Gasteiger partial charge on any atom is -0.325 e. The summed E-state index contributed by atoms with van der Waals surface area (Å²) in [5.41, 5.74) is 3.28. The number of imide groups is 1. The van der Waals surface area contributed by atoms with Gasteiger partial charge in [-0.15, -0.1) is 0 Å². The number of anilines is 1. The van der Waals surface area contributed by atoms with Gasteiger partial charge in [0, 0.05) is 28.3 Å². The zero-order chi connectivity index (χ0) is 22.0. The number of benzene rings is 2. The molecule has 0 bridgehead atoms. The average molecular weight is 452 g/mol. The van der Waals surface area contributed by atoms with E-state index in [1.807, 2.05) is 54.1 Å². The van der Waals surface area contributed by atoms with Crippen LogP contribution in [0.15, 0.2) is 71.8 Å². The molecule has 156 valence electrons. The lowest BCUT2D eigenvalue weighted by Gasteiger charge is -2.12. The van der Waals surface area contributed by atoms with Gasteiger partial charge < -0.3 is 9.88 Å². The number of hydrogen-bond donors (Lipinski definition) is 1. The van der Waals surface area contributed by atoms with E-state index >= 15 is 0 Å². The number of carbonyl (C=O) groups excluding carboxylic acids is 3. The molecule has 31 heavy (non-hydrogen) atoms. The fourth-order valence-corrected chi connectivity index (χ4v) is 4.05. The van der Waals surface area contributed by atoms with Gasteiger partial charge in [0.15, 0.2) is 0 Å². The van der Waals surface area contributed by atoms with Crippen LogP contribution in [0.25, 0.3) is 11.8 Å². The SMILES string of the molecule is Cc1ccc(NC(=O)CN2C(=O)S/C(=C/c3cccn3-c3ccc(Cl)cc3)C2=O)cc1. The molecule has 0 radical (unpaired) electrons. The fourth-order valence-electron chi connectivity index (χ4n) is 3.10. The van der Waals surface area contributed by atoms with Crippen LogP contribution in [0.1, 0.15) is 11.3 Å². The highest BCUT2D eigenvalue weighted by atomic mass is 35.5. The van der Waals surface area contributed by atoms with Gasteiger partial charge in [-0.2, -0.15) is 0 Å². The van der Waals surface area contributed by atoms with Crippen LogP contribution in [-0.2, 0) is 9.59 Å².